The molecule has 28 heavy (non-hydrogen) atoms. The van der Waals surface area contributed by atoms with Crippen LogP contribution in [0.2, 0.25) is 0 Å². The number of rotatable bonds is 9. The normalized spacial score (nSPS) is 12.1. The van der Waals surface area contributed by atoms with Crippen LogP contribution < -0.4 is 10.6 Å². The van der Waals surface area contributed by atoms with Crippen molar-refractivity contribution in [2.45, 2.75) is 59.3 Å². The monoisotopic (exact) mass is 411 g/mol. The summed E-state index contributed by atoms with van der Waals surface area (Å²) in [5.41, 5.74) is 0.617. The van der Waals surface area contributed by atoms with Crippen molar-refractivity contribution in [1.82, 2.24) is 9.62 Å². The lowest BCUT2D eigenvalue weighted by atomic mass is 9.96. The highest BCUT2D eigenvalue weighted by atomic mass is 32.2. The van der Waals surface area contributed by atoms with Gasteiger partial charge in [-0.15, -0.1) is 0 Å². The molecule has 0 aliphatic carbocycles. The Balaban J connectivity index is 2.73. The minimum atomic E-state index is -3.60. The van der Waals surface area contributed by atoms with Gasteiger partial charge in [0, 0.05) is 37.2 Å². The van der Waals surface area contributed by atoms with Crippen molar-refractivity contribution < 1.29 is 18.0 Å². The molecular weight excluding hydrogens is 378 g/mol. The fourth-order valence-electron chi connectivity index (χ4n) is 2.60. The zero-order valence-corrected chi connectivity index (χ0v) is 18.6. The average molecular weight is 412 g/mol. The molecule has 0 radical (unpaired) electrons. The van der Waals surface area contributed by atoms with E-state index in [2.05, 4.69) is 10.6 Å². The standard InChI is InChI=1S/C20H33N3O4S/c1-7-23(8-2)28(26,27)17-14-16(12-11-15(17)3)22-18(24)10-9-13-21-19(25)20(4,5)6/h11-12,14H,7-10,13H2,1-6H3,(H,21,25)(H,22,24). The number of nitrogens with zero attached hydrogens (tertiary/aromatic N) is 1. The molecule has 1 rings (SSSR count). The third-order valence-corrected chi connectivity index (χ3v) is 6.53. The molecule has 0 saturated carbocycles. The van der Waals surface area contributed by atoms with Gasteiger partial charge in [0.1, 0.15) is 0 Å². The summed E-state index contributed by atoms with van der Waals surface area (Å²) in [5.74, 6) is -0.280. The van der Waals surface area contributed by atoms with Gasteiger partial charge in [-0.25, -0.2) is 8.42 Å². The first-order valence-electron chi connectivity index (χ1n) is 9.62. The van der Waals surface area contributed by atoms with Crippen LogP contribution in [-0.4, -0.2) is 44.2 Å². The first-order chi connectivity index (χ1) is 12.9. The van der Waals surface area contributed by atoms with Crippen LogP contribution in [0.4, 0.5) is 5.69 Å². The maximum atomic E-state index is 12.8. The van der Waals surface area contributed by atoms with E-state index in [4.69, 9.17) is 0 Å². The van der Waals surface area contributed by atoms with E-state index in [1.807, 2.05) is 20.8 Å². The van der Waals surface area contributed by atoms with Gasteiger partial charge in [-0.2, -0.15) is 4.31 Å². The highest BCUT2D eigenvalue weighted by Gasteiger charge is 2.24. The number of aryl methyl sites for hydroxylation is 1. The third-order valence-electron chi connectivity index (χ3n) is 4.34. The van der Waals surface area contributed by atoms with Crippen LogP contribution in [0.5, 0.6) is 0 Å². The minimum Gasteiger partial charge on any atom is -0.356 e. The molecular formula is C20H33N3O4S. The van der Waals surface area contributed by atoms with E-state index in [1.54, 1.807) is 32.9 Å². The maximum absolute atomic E-state index is 12.8. The van der Waals surface area contributed by atoms with Crippen molar-refractivity contribution in [1.29, 1.82) is 0 Å². The molecule has 1 aromatic carbocycles. The van der Waals surface area contributed by atoms with Crippen molar-refractivity contribution in [2.75, 3.05) is 25.0 Å². The minimum absolute atomic E-state index is 0.0577. The number of anilines is 1. The van der Waals surface area contributed by atoms with Gasteiger partial charge in [0.15, 0.2) is 0 Å². The van der Waals surface area contributed by atoms with Crippen molar-refractivity contribution >= 4 is 27.5 Å². The molecule has 8 heteroatoms. The number of sulfonamides is 1. The Morgan fingerprint density at radius 3 is 2.25 bits per heavy atom. The van der Waals surface area contributed by atoms with Gasteiger partial charge >= 0.3 is 0 Å². The second-order valence-corrected chi connectivity index (χ2v) is 9.63. The SMILES string of the molecule is CCN(CC)S(=O)(=O)c1cc(NC(=O)CCCNC(=O)C(C)(C)C)ccc1C. The summed E-state index contributed by atoms with van der Waals surface area (Å²) >= 11 is 0. The predicted octanol–water partition coefficient (Wildman–Crippen LogP) is 2.91. The van der Waals surface area contributed by atoms with E-state index in [0.717, 1.165) is 0 Å². The van der Waals surface area contributed by atoms with Crippen LogP contribution in [-0.2, 0) is 19.6 Å². The Labute approximate surface area is 168 Å². The first kappa shape index (κ1) is 24.1. The molecule has 2 amide bonds. The predicted molar refractivity (Wildman–Crippen MR) is 112 cm³/mol. The fourth-order valence-corrected chi connectivity index (χ4v) is 4.31. The lowest BCUT2D eigenvalue weighted by molar-refractivity contribution is -0.128. The topological polar surface area (TPSA) is 95.6 Å². The number of carbonyl (C=O) groups is 2. The molecule has 0 atom stereocenters. The van der Waals surface area contributed by atoms with Gasteiger partial charge in [0.2, 0.25) is 21.8 Å². The molecule has 0 saturated heterocycles. The summed E-state index contributed by atoms with van der Waals surface area (Å²) in [6, 6.07) is 4.88. The molecule has 0 aliphatic heterocycles. The van der Waals surface area contributed by atoms with Gasteiger partial charge in [-0.3, -0.25) is 9.59 Å². The van der Waals surface area contributed by atoms with Gasteiger partial charge in [0.05, 0.1) is 4.90 Å². The maximum Gasteiger partial charge on any atom is 0.243 e. The zero-order chi connectivity index (χ0) is 21.5. The van der Waals surface area contributed by atoms with Crippen LogP contribution >= 0.6 is 0 Å². The third kappa shape index (κ3) is 6.60. The smallest absolute Gasteiger partial charge is 0.243 e. The molecule has 158 valence electrons. The summed E-state index contributed by atoms with van der Waals surface area (Å²) in [4.78, 5) is 24.2. The van der Waals surface area contributed by atoms with Crippen molar-refractivity contribution in [2.24, 2.45) is 5.41 Å². The number of hydrogen-bond donors (Lipinski definition) is 2. The molecule has 0 aromatic heterocycles. The molecule has 0 spiro atoms. The number of benzene rings is 1. The largest absolute Gasteiger partial charge is 0.356 e. The van der Waals surface area contributed by atoms with Crippen molar-refractivity contribution in [3.63, 3.8) is 0 Å². The molecule has 0 aliphatic rings. The zero-order valence-electron chi connectivity index (χ0n) is 17.8. The Morgan fingerprint density at radius 1 is 1.11 bits per heavy atom. The Hall–Kier alpha value is -1.93. The van der Waals surface area contributed by atoms with E-state index in [0.29, 0.717) is 37.3 Å². The van der Waals surface area contributed by atoms with Crippen molar-refractivity contribution in [3.8, 4) is 0 Å². The Kier molecular flexibility index (Phi) is 8.63. The summed E-state index contributed by atoms with van der Waals surface area (Å²) in [5, 5.41) is 5.54. The highest BCUT2D eigenvalue weighted by molar-refractivity contribution is 7.89. The first-order valence-corrected chi connectivity index (χ1v) is 11.1. The summed E-state index contributed by atoms with van der Waals surface area (Å²) < 4.78 is 27.0. The lowest BCUT2D eigenvalue weighted by Crippen LogP contribution is -2.35. The summed E-state index contributed by atoms with van der Waals surface area (Å²) in [6.45, 7) is 12.0. The van der Waals surface area contributed by atoms with Crippen LogP contribution in [0, 0.1) is 12.3 Å². The second kappa shape index (κ2) is 10.0. The van der Waals surface area contributed by atoms with Gasteiger partial charge in [0.25, 0.3) is 0 Å². The number of amides is 2. The number of nitrogens with one attached hydrogen (secondary N) is 2. The summed E-state index contributed by atoms with van der Waals surface area (Å²) in [6.07, 6.45) is 0.737. The molecule has 0 fully saturated rings. The van der Waals surface area contributed by atoms with E-state index in [9.17, 15) is 18.0 Å². The van der Waals surface area contributed by atoms with E-state index in [-0.39, 0.29) is 23.1 Å². The molecule has 2 N–H and O–H groups in total. The molecule has 0 unspecified atom stereocenters. The molecule has 7 nitrogen and oxygen atoms in total. The van der Waals surface area contributed by atoms with Crippen LogP contribution in [0.15, 0.2) is 23.1 Å². The molecule has 1 aromatic rings. The molecule has 0 bridgehead atoms. The van der Waals surface area contributed by atoms with Gasteiger partial charge in [-0.1, -0.05) is 40.7 Å². The Bertz CT molecular complexity index is 794. The van der Waals surface area contributed by atoms with E-state index < -0.39 is 15.4 Å². The number of hydrogen-bond acceptors (Lipinski definition) is 4. The second-order valence-electron chi connectivity index (χ2n) is 7.73. The summed E-state index contributed by atoms with van der Waals surface area (Å²) in [7, 11) is -3.60. The molecule has 0 heterocycles. The lowest BCUT2D eigenvalue weighted by Gasteiger charge is -2.20. The van der Waals surface area contributed by atoms with Crippen molar-refractivity contribution in [3.05, 3.63) is 23.8 Å². The van der Waals surface area contributed by atoms with Gasteiger partial charge < -0.3 is 10.6 Å². The Morgan fingerprint density at radius 2 is 1.71 bits per heavy atom. The quantitative estimate of drug-likeness (QED) is 0.611. The van der Waals surface area contributed by atoms with Gasteiger partial charge in [-0.05, 0) is 31.0 Å². The van der Waals surface area contributed by atoms with E-state index in [1.165, 1.54) is 10.4 Å². The van der Waals surface area contributed by atoms with Crippen LogP contribution in [0.25, 0.3) is 0 Å². The van der Waals surface area contributed by atoms with E-state index >= 15 is 0 Å². The highest BCUT2D eigenvalue weighted by Crippen LogP contribution is 2.23. The average Bonchev–Trinajstić information content (AvgIpc) is 2.60. The fraction of sp³-hybridized carbons (Fsp3) is 0.600. The number of carbonyl (C=O) groups excluding carboxylic acids is 2. The van der Waals surface area contributed by atoms with Crippen LogP contribution in [0.1, 0.15) is 53.0 Å². The van der Waals surface area contributed by atoms with Crippen LogP contribution in [0.3, 0.4) is 0 Å².